The van der Waals surface area contributed by atoms with Gasteiger partial charge < -0.3 is 5.32 Å². The van der Waals surface area contributed by atoms with Crippen LogP contribution >= 0.6 is 0 Å². The lowest BCUT2D eigenvalue weighted by Gasteiger charge is -2.17. The topological polar surface area (TPSA) is 29.1 Å². The summed E-state index contributed by atoms with van der Waals surface area (Å²) in [6.45, 7) is 2.07. The van der Waals surface area contributed by atoms with Crippen LogP contribution in [0.2, 0.25) is 0 Å². The second-order valence-electron chi connectivity index (χ2n) is 7.72. The van der Waals surface area contributed by atoms with Crippen LogP contribution in [-0.2, 0) is 25.7 Å². The smallest absolute Gasteiger partial charge is 0.252 e. The van der Waals surface area contributed by atoms with E-state index in [0.29, 0.717) is 0 Å². The number of hydrogen-bond acceptors (Lipinski definition) is 1. The van der Waals surface area contributed by atoms with Gasteiger partial charge in [-0.05, 0) is 72.9 Å². The molecule has 1 N–H and O–H groups in total. The fourth-order valence-electron chi connectivity index (χ4n) is 4.10. The quantitative estimate of drug-likeness (QED) is 0.615. The third-order valence-electron chi connectivity index (χ3n) is 5.76. The van der Waals surface area contributed by atoms with Gasteiger partial charge in [0.2, 0.25) is 0 Å². The first kappa shape index (κ1) is 18.5. The highest BCUT2D eigenvalue weighted by Crippen LogP contribution is 2.25. The number of aryl methyl sites for hydroxylation is 4. The van der Waals surface area contributed by atoms with Crippen LogP contribution in [0.1, 0.15) is 57.6 Å². The molecule has 4 rings (SSSR count). The molecule has 0 aliphatic heterocycles. The summed E-state index contributed by atoms with van der Waals surface area (Å²) in [7, 11) is 0. The number of amides is 1. The Morgan fingerprint density at radius 1 is 0.893 bits per heavy atom. The Morgan fingerprint density at radius 3 is 2.50 bits per heavy atom. The molecular formula is C26H27NO. The molecule has 0 unspecified atom stereocenters. The van der Waals surface area contributed by atoms with Crippen molar-refractivity contribution >= 4 is 5.91 Å². The third kappa shape index (κ3) is 4.17. The van der Waals surface area contributed by atoms with Crippen molar-refractivity contribution in [3.05, 3.63) is 106 Å². The second-order valence-corrected chi connectivity index (χ2v) is 7.72. The van der Waals surface area contributed by atoms with Crippen molar-refractivity contribution in [2.75, 3.05) is 0 Å². The maximum Gasteiger partial charge on any atom is 0.252 e. The van der Waals surface area contributed by atoms with E-state index >= 15 is 0 Å². The summed E-state index contributed by atoms with van der Waals surface area (Å²) in [6.07, 6.45) is 5.39. The predicted octanol–water partition coefficient (Wildman–Crippen LogP) is 5.45. The minimum atomic E-state index is 0.000537. The van der Waals surface area contributed by atoms with Gasteiger partial charge in [-0.2, -0.15) is 0 Å². The van der Waals surface area contributed by atoms with E-state index in [-0.39, 0.29) is 11.9 Å². The van der Waals surface area contributed by atoms with Crippen molar-refractivity contribution < 1.29 is 4.79 Å². The van der Waals surface area contributed by atoms with Crippen LogP contribution < -0.4 is 5.32 Å². The Kier molecular flexibility index (Phi) is 5.57. The molecule has 2 nitrogen and oxygen atoms in total. The molecule has 3 aromatic rings. The van der Waals surface area contributed by atoms with Crippen molar-refractivity contribution in [2.45, 2.75) is 45.1 Å². The van der Waals surface area contributed by atoms with Crippen LogP contribution in [0.5, 0.6) is 0 Å². The second kappa shape index (κ2) is 8.43. The molecule has 3 aromatic carbocycles. The maximum atomic E-state index is 13.0. The van der Waals surface area contributed by atoms with Crippen LogP contribution in [0, 0.1) is 0 Å². The van der Waals surface area contributed by atoms with Crippen molar-refractivity contribution in [1.82, 2.24) is 5.32 Å². The molecule has 142 valence electrons. The van der Waals surface area contributed by atoms with Gasteiger partial charge >= 0.3 is 0 Å². The van der Waals surface area contributed by atoms with Gasteiger partial charge in [0.25, 0.3) is 5.91 Å². The predicted molar refractivity (Wildman–Crippen MR) is 115 cm³/mol. The highest BCUT2D eigenvalue weighted by molar-refractivity contribution is 5.95. The Labute approximate surface area is 167 Å². The zero-order chi connectivity index (χ0) is 19.3. The van der Waals surface area contributed by atoms with Crippen LogP contribution in [0.3, 0.4) is 0 Å². The summed E-state index contributed by atoms with van der Waals surface area (Å²) < 4.78 is 0. The summed E-state index contributed by atoms with van der Waals surface area (Å²) in [6, 6.07) is 25.1. The van der Waals surface area contributed by atoms with Gasteiger partial charge in [0.1, 0.15) is 0 Å². The molecule has 0 spiro atoms. The molecule has 0 radical (unpaired) electrons. The molecule has 1 aliphatic carbocycles. The highest BCUT2D eigenvalue weighted by atomic mass is 16.1. The molecule has 2 heteroatoms. The van der Waals surface area contributed by atoms with Gasteiger partial charge in [0, 0.05) is 5.56 Å². The van der Waals surface area contributed by atoms with Crippen molar-refractivity contribution in [3.63, 3.8) is 0 Å². The normalized spacial score (nSPS) is 13.8. The summed E-state index contributed by atoms with van der Waals surface area (Å²) in [5, 5.41) is 3.20. The fraction of sp³-hybridized carbons (Fsp3) is 0.269. The van der Waals surface area contributed by atoms with E-state index in [4.69, 9.17) is 0 Å². The minimum absolute atomic E-state index is 0.000537. The summed E-state index contributed by atoms with van der Waals surface area (Å²) in [4.78, 5) is 13.0. The zero-order valence-electron chi connectivity index (χ0n) is 16.4. The summed E-state index contributed by atoms with van der Waals surface area (Å²) in [5.74, 6) is 0.0108. The highest BCUT2D eigenvalue weighted by Gasteiger charge is 2.17. The first-order valence-electron chi connectivity index (χ1n) is 10.2. The van der Waals surface area contributed by atoms with E-state index in [1.165, 1.54) is 35.1 Å². The van der Waals surface area contributed by atoms with E-state index < -0.39 is 0 Å². The number of benzene rings is 3. The van der Waals surface area contributed by atoms with E-state index in [2.05, 4.69) is 60.8 Å². The number of rotatable bonds is 6. The monoisotopic (exact) mass is 369 g/mol. The molecule has 1 amide bonds. The fourth-order valence-corrected chi connectivity index (χ4v) is 4.10. The van der Waals surface area contributed by atoms with E-state index in [1.54, 1.807) is 0 Å². The third-order valence-corrected chi connectivity index (χ3v) is 5.76. The summed E-state index contributed by atoms with van der Waals surface area (Å²) >= 11 is 0. The van der Waals surface area contributed by atoms with Crippen LogP contribution in [0.4, 0.5) is 0 Å². The number of fused-ring (bicyclic) bond motifs is 1. The van der Waals surface area contributed by atoms with E-state index in [9.17, 15) is 4.79 Å². The molecule has 0 saturated carbocycles. The van der Waals surface area contributed by atoms with Crippen LogP contribution in [0.15, 0.2) is 72.8 Å². The van der Waals surface area contributed by atoms with Gasteiger partial charge in [-0.15, -0.1) is 0 Å². The zero-order valence-corrected chi connectivity index (χ0v) is 16.4. The Bertz CT molecular complexity index is 961. The van der Waals surface area contributed by atoms with Gasteiger partial charge in [0.15, 0.2) is 0 Å². The number of carbonyl (C=O) groups excluding carboxylic acids is 1. The lowest BCUT2D eigenvalue weighted by Crippen LogP contribution is -2.27. The number of carbonyl (C=O) groups is 1. The molecule has 0 heterocycles. The van der Waals surface area contributed by atoms with Gasteiger partial charge in [-0.1, -0.05) is 66.7 Å². The minimum Gasteiger partial charge on any atom is -0.346 e. The first-order chi connectivity index (χ1) is 13.7. The lowest BCUT2D eigenvalue weighted by molar-refractivity contribution is 0.0939. The lowest BCUT2D eigenvalue weighted by atomic mass is 9.98. The van der Waals surface area contributed by atoms with E-state index in [0.717, 1.165) is 30.4 Å². The molecule has 0 aromatic heterocycles. The van der Waals surface area contributed by atoms with Gasteiger partial charge in [0.05, 0.1) is 6.04 Å². The average molecular weight is 370 g/mol. The molecule has 0 bridgehead atoms. The molecule has 0 saturated heterocycles. The maximum absolute atomic E-state index is 13.0. The largest absolute Gasteiger partial charge is 0.346 e. The average Bonchev–Trinajstić information content (AvgIpc) is 3.21. The van der Waals surface area contributed by atoms with Crippen LogP contribution in [0.25, 0.3) is 0 Å². The molecule has 0 fully saturated rings. The Morgan fingerprint density at radius 2 is 1.64 bits per heavy atom. The molecule has 28 heavy (non-hydrogen) atoms. The Balaban J connectivity index is 1.46. The number of nitrogens with one attached hydrogen (secondary N) is 1. The summed E-state index contributed by atoms with van der Waals surface area (Å²) in [5.41, 5.74) is 7.28. The first-order valence-corrected chi connectivity index (χ1v) is 10.2. The van der Waals surface area contributed by atoms with Crippen molar-refractivity contribution in [2.24, 2.45) is 0 Å². The van der Waals surface area contributed by atoms with Crippen molar-refractivity contribution in [1.29, 1.82) is 0 Å². The molecular weight excluding hydrogens is 342 g/mol. The van der Waals surface area contributed by atoms with Crippen molar-refractivity contribution in [3.8, 4) is 0 Å². The van der Waals surface area contributed by atoms with Gasteiger partial charge in [-0.3, -0.25) is 4.79 Å². The molecule has 1 aliphatic rings. The standard InChI is InChI=1S/C26H27NO/c1-19(23-17-16-21-11-7-12-24(21)18-23)27-26(28)25-13-6-5-10-22(25)15-14-20-8-3-2-4-9-20/h2-6,8-10,13,16-19H,7,11-12,14-15H2,1H3,(H,27,28)/t19-/m0/s1. The molecule has 1 atom stereocenters. The van der Waals surface area contributed by atoms with E-state index in [1.807, 2.05) is 24.3 Å². The van der Waals surface area contributed by atoms with Crippen LogP contribution in [-0.4, -0.2) is 5.91 Å². The SMILES string of the molecule is C[C@H](NC(=O)c1ccccc1CCc1ccccc1)c1ccc2c(c1)CCC2. The Hall–Kier alpha value is -2.87. The van der Waals surface area contributed by atoms with Gasteiger partial charge in [-0.25, -0.2) is 0 Å². The number of hydrogen-bond donors (Lipinski definition) is 1.